The highest BCUT2D eigenvalue weighted by Crippen LogP contribution is 2.27. The number of esters is 1. The molecule has 5 rings (SSSR count). The molecule has 38 heavy (non-hydrogen) atoms. The van der Waals surface area contributed by atoms with Crippen LogP contribution in [-0.2, 0) is 17.7 Å². The number of amidine groups is 1. The van der Waals surface area contributed by atoms with Crippen LogP contribution in [0.3, 0.4) is 0 Å². The Morgan fingerprint density at radius 1 is 1.00 bits per heavy atom. The van der Waals surface area contributed by atoms with Crippen molar-refractivity contribution in [3.63, 3.8) is 0 Å². The molecule has 196 valence electrons. The standard InChI is InChI=1S/C32H36N4O2/c1-6-9-29-34-27-17-16-24(30-33-18-19-35(30)5)20-28(27)36(29)21-22-12-14-23(15-13-22)25-10-7-8-11-26(25)31(37)38-32(2,3)4/h7-8,10-17,20H,6,9,18-19,21H2,1-5H3. The summed E-state index contributed by atoms with van der Waals surface area (Å²) in [6.07, 6.45) is 1.96. The van der Waals surface area contributed by atoms with Crippen molar-refractivity contribution in [2.24, 2.45) is 4.99 Å². The topological polar surface area (TPSA) is 59.7 Å². The van der Waals surface area contributed by atoms with Gasteiger partial charge in [0.15, 0.2) is 0 Å². The highest BCUT2D eigenvalue weighted by Gasteiger charge is 2.21. The molecule has 0 amide bonds. The molecular formula is C32H36N4O2. The second-order valence-electron chi connectivity index (χ2n) is 10.9. The molecule has 1 aliphatic rings. The molecule has 0 saturated heterocycles. The molecule has 3 aromatic carbocycles. The summed E-state index contributed by atoms with van der Waals surface area (Å²) < 4.78 is 7.98. The van der Waals surface area contributed by atoms with Crippen molar-refractivity contribution in [2.75, 3.05) is 20.1 Å². The van der Waals surface area contributed by atoms with Gasteiger partial charge in [0.25, 0.3) is 0 Å². The van der Waals surface area contributed by atoms with Crippen molar-refractivity contribution in [2.45, 2.75) is 52.7 Å². The quantitative estimate of drug-likeness (QED) is 0.273. The van der Waals surface area contributed by atoms with E-state index in [0.717, 1.165) is 71.9 Å². The highest BCUT2D eigenvalue weighted by molar-refractivity contribution is 6.02. The van der Waals surface area contributed by atoms with Crippen LogP contribution >= 0.6 is 0 Å². The summed E-state index contributed by atoms with van der Waals surface area (Å²) in [4.78, 5) is 24.7. The summed E-state index contributed by atoms with van der Waals surface area (Å²) >= 11 is 0. The second kappa shape index (κ2) is 10.4. The van der Waals surface area contributed by atoms with E-state index in [1.807, 2.05) is 45.0 Å². The lowest BCUT2D eigenvalue weighted by Crippen LogP contribution is -2.24. The van der Waals surface area contributed by atoms with Crippen LogP contribution < -0.4 is 0 Å². The summed E-state index contributed by atoms with van der Waals surface area (Å²) in [7, 11) is 2.10. The zero-order chi connectivity index (χ0) is 26.9. The van der Waals surface area contributed by atoms with Crippen molar-refractivity contribution in [1.29, 1.82) is 0 Å². The smallest absolute Gasteiger partial charge is 0.339 e. The van der Waals surface area contributed by atoms with E-state index >= 15 is 0 Å². The number of hydrogen-bond acceptors (Lipinski definition) is 5. The molecule has 0 N–H and O–H groups in total. The maximum Gasteiger partial charge on any atom is 0.339 e. The molecule has 0 atom stereocenters. The van der Waals surface area contributed by atoms with E-state index in [4.69, 9.17) is 14.7 Å². The van der Waals surface area contributed by atoms with Gasteiger partial charge in [-0.2, -0.15) is 0 Å². The van der Waals surface area contributed by atoms with E-state index in [2.05, 4.69) is 65.9 Å². The van der Waals surface area contributed by atoms with E-state index in [9.17, 15) is 4.79 Å². The van der Waals surface area contributed by atoms with E-state index in [1.54, 1.807) is 0 Å². The van der Waals surface area contributed by atoms with Gasteiger partial charge in [-0.05, 0) is 68.1 Å². The Balaban J connectivity index is 1.46. The Kier molecular flexibility index (Phi) is 7.06. The molecule has 2 heterocycles. The molecule has 0 radical (unpaired) electrons. The summed E-state index contributed by atoms with van der Waals surface area (Å²) in [5.74, 6) is 1.84. The van der Waals surface area contributed by atoms with Crippen LogP contribution in [0.2, 0.25) is 0 Å². The summed E-state index contributed by atoms with van der Waals surface area (Å²) in [5.41, 5.74) is 6.36. The zero-order valence-electron chi connectivity index (χ0n) is 23.0. The monoisotopic (exact) mass is 508 g/mol. The number of benzene rings is 3. The minimum atomic E-state index is -0.544. The molecule has 0 saturated carbocycles. The molecule has 1 aliphatic heterocycles. The Bertz CT molecular complexity index is 1490. The first kappa shape index (κ1) is 25.7. The molecule has 6 heteroatoms. The summed E-state index contributed by atoms with van der Waals surface area (Å²) in [6, 6.07) is 22.6. The minimum absolute atomic E-state index is 0.306. The van der Waals surface area contributed by atoms with Gasteiger partial charge in [-0.1, -0.05) is 49.4 Å². The third-order valence-corrected chi connectivity index (χ3v) is 6.77. The fraction of sp³-hybridized carbons (Fsp3) is 0.344. The number of aliphatic imine (C=N–C) groups is 1. The first-order valence-electron chi connectivity index (χ1n) is 13.4. The molecular weight excluding hydrogens is 472 g/mol. The number of likely N-dealkylation sites (N-methyl/N-ethyl adjacent to an activating group) is 1. The van der Waals surface area contributed by atoms with Crippen molar-refractivity contribution >= 4 is 22.8 Å². The lowest BCUT2D eigenvalue weighted by atomic mass is 9.98. The van der Waals surface area contributed by atoms with Crippen molar-refractivity contribution in [3.8, 4) is 11.1 Å². The molecule has 6 nitrogen and oxygen atoms in total. The Morgan fingerprint density at radius 3 is 2.42 bits per heavy atom. The zero-order valence-corrected chi connectivity index (χ0v) is 23.0. The fourth-order valence-corrected chi connectivity index (χ4v) is 4.96. The molecule has 0 unspecified atom stereocenters. The number of fused-ring (bicyclic) bond motifs is 1. The van der Waals surface area contributed by atoms with Crippen LogP contribution in [0, 0.1) is 0 Å². The number of rotatable bonds is 7. The Labute approximate surface area is 225 Å². The number of aromatic nitrogens is 2. The van der Waals surface area contributed by atoms with Crippen molar-refractivity contribution in [3.05, 3.63) is 89.2 Å². The average Bonchev–Trinajstić information content (AvgIpc) is 3.46. The number of nitrogens with zero attached hydrogens (tertiary/aromatic N) is 4. The third-order valence-electron chi connectivity index (χ3n) is 6.77. The van der Waals surface area contributed by atoms with Gasteiger partial charge < -0.3 is 14.2 Å². The Hall–Kier alpha value is -3.93. The van der Waals surface area contributed by atoms with Crippen molar-refractivity contribution < 1.29 is 9.53 Å². The van der Waals surface area contributed by atoms with Gasteiger partial charge >= 0.3 is 5.97 Å². The van der Waals surface area contributed by atoms with E-state index in [1.165, 1.54) is 5.56 Å². The van der Waals surface area contributed by atoms with Crippen LogP contribution in [-0.4, -0.2) is 52.0 Å². The molecule has 1 aromatic heterocycles. The normalized spacial score (nSPS) is 13.7. The molecule has 0 spiro atoms. The number of imidazole rings is 1. The van der Waals surface area contributed by atoms with Gasteiger partial charge in [-0.3, -0.25) is 4.99 Å². The van der Waals surface area contributed by atoms with E-state index < -0.39 is 5.60 Å². The summed E-state index contributed by atoms with van der Waals surface area (Å²) in [5, 5.41) is 0. The lowest BCUT2D eigenvalue weighted by Gasteiger charge is -2.20. The van der Waals surface area contributed by atoms with Crippen molar-refractivity contribution in [1.82, 2.24) is 14.5 Å². The van der Waals surface area contributed by atoms with Crippen LogP contribution in [0.1, 0.15) is 61.4 Å². The van der Waals surface area contributed by atoms with Gasteiger partial charge in [0.05, 0.1) is 23.1 Å². The largest absolute Gasteiger partial charge is 0.456 e. The van der Waals surface area contributed by atoms with Gasteiger partial charge in [0.2, 0.25) is 0 Å². The molecule has 0 bridgehead atoms. The van der Waals surface area contributed by atoms with Crippen LogP contribution in [0.5, 0.6) is 0 Å². The fourth-order valence-electron chi connectivity index (χ4n) is 4.96. The van der Waals surface area contributed by atoms with Gasteiger partial charge in [0.1, 0.15) is 17.3 Å². The molecule has 4 aromatic rings. The summed E-state index contributed by atoms with van der Waals surface area (Å²) in [6.45, 7) is 10.4. The number of ether oxygens (including phenoxy) is 1. The second-order valence-corrected chi connectivity index (χ2v) is 10.9. The molecule has 0 fully saturated rings. The van der Waals surface area contributed by atoms with Gasteiger partial charge in [0, 0.05) is 32.1 Å². The number of carbonyl (C=O) groups excluding carboxylic acids is 1. The minimum Gasteiger partial charge on any atom is -0.456 e. The highest BCUT2D eigenvalue weighted by atomic mass is 16.6. The molecule has 0 aliphatic carbocycles. The number of carbonyl (C=O) groups is 1. The average molecular weight is 509 g/mol. The van der Waals surface area contributed by atoms with E-state index in [-0.39, 0.29) is 5.97 Å². The first-order chi connectivity index (χ1) is 18.2. The third kappa shape index (κ3) is 5.35. The van der Waals surface area contributed by atoms with Crippen LogP contribution in [0.4, 0.5) is 0 Å². The SMILES string of the molecule is CCCc1nc2ccc(C3=NCCN3C)cc2n1Cc1ccc(-c2ccccc2C(=O)OC(C)(C)C)cc1. The van der Waals surface area contributed by atoms with Crippen LogP contribution in [0.25, 0.3) is 22.2 Å². The maximum absolute atomic E-state index is 12.9. The van der Waals surface area contributed by atoms with Crippen LogP contribution in [0.15, 0.2) is 71.7 Å². The number of hydrogen-bond donors (Lipinski definition) is 0. The maximum atomic E-state index is 12.9. The number of aryl methyl sites for hydroxylation is 1. The first-order valence-corrected chi connectivity index (χ1v) is 13.4. The van der Waals surface area contributed by atoms with E-state index in [0.29, 0.717) is 5.56 Å². The Morgan fingerprint density at radius 2 is 1.74 bits per heavy atom. The predicted octanol–water partition coefficient (Wildman–Crippen LogP) is 6.35. The predicted molar refractivity (Wildman–Crippen MR) is 154 cm³/mol. The lowest BCUT2D eigenvalue weighted by molar-refractivity contribution is 0.00704. The van der Waals surface area contributed by atoms with Gasteiger partial charge in [-0.25, -0.2) is 9.78 Å². The van der Waals surface area contributed by atoms with Gasteiger partial charge in [-0.15, -0.1) is 0 Å².